The number of rotatable bonds is 1. The lowest BCUT2D eigenvalue weighted by Crippen LogP contribution is -2.13. The first-order valence-corrected chi connectivity index (χ1v) is 5.81. The minimum absolute atomic E-state index is 0.192. The normalized spacial score (nSPS) is 18.7. The van der Waals surface area contributed by atoms with Crippen LogP contribution in [0.15, 0.2) is 29.8 Å². The van der Waals surface area contributed by atoms with Gasteiger partial charge in [-0.1, -0.05) is 45.0 Å². The van der Waals surface area contributed by atoms with Gasteiger partial charge in [0.2, 0.25) is 0 Å². The third-order valence-corrected chi connectivity index (χ3v) is 3.10. The van der Waals surface area contributed by atoms with Crippen molar-refractivity contribution in [3.05, 3.63) is 41.0 Å². The molecule has 1 aliphatic carbocycles. The zero-order valence-electron chi connectivity index (χ0n) is 10.2. The monoisotopic (exact) mass is 214 g/mol. The number of carbonyl (C=O) groups is 1. The van der Waals surface area contributed by atoms with Crippen LogP contribution in [-0.2, 0) is 10.2 Å². The Morgan fingerprint density at radius 2 is 1.69 bits per heavy atom. The molecule has 84 valence electrons. The van der Waals surface area contributed by atoms with Crippen LogP contribution in [0.5, 0.6) is 0 Å². The van der Waals surface area contributed by atoms with Crippen molar-refractivity contribution in [2.75, 3.05) is 0 Å². The van der Waals surface area contributed by atoms with Gasteiger partial charge in [-0.15, -0.1) is 0 Å². The van der Waals surface area contributed by atoms with Gasteiger partial charge in [-0.3, -0.25) is 4.79 Å². The van der Waals surface area contributed by atoms with E-state index in [4.69, 9.17) is 0 Å². The Hall–Kier alpha value is -1.37. The summed E-state index contributed by atoms with van der Waals surface area (Å²) in [5.74, 6) is 0.305. The topological polar surface area (TPSA) is 17.1 Å². The largest absolute Gasteiger partial charge is 0.295 e. The van der Waals surface area contributed by atoms with Gasteiger partial charge in [-0.05, 0) is 34.6 Å². The lowest BCUT2D eigenvalue weighted by molar-refractivity contribution is -0.118. The minimum Gasteiger partial charge on any atom is -0.295 e. The van der Waals surface area contributed by atoms with E-state index in [0.717, 1.165) is 24.0 Å². The summed E-state index contributed by atoms with van der Waals surface area (Å²) in [6, 6.07) is 8.49. The quantitative estimate of drug-likeness (QED) is 0.651. The number of hydrogen-bond acceptors (Lipinski definition) is 1. The third kappa shape index (κ3) is 2.24. The second-order valence-electron chi connectivity index (χ2n) is 5.46. The highest BCUT2D eigenvalue weighted by molar-refractivity contribution is 6.05. The van der Waals surface area contributed by atoms with Crippen LogP contribution >= 0.6 is 0 Å². The first-order valence-electron chi connectivity index (χ1n) is 5.81. The van der Waals surface area contributed by atoms with Crippen molar-refractivity contribution in [2.24, 2.45) is 0 Å². The Morgan fingerprint density at radius 1 is 1.06 bits per heavy atom. The highest BCUT2D eigenvalue weighted by Crippen LogP contribution is 2.26. The second kappa shape index (κ2) is 3.89. The van der Waals surface area contributed by atoms with Crippen LogP contribution in [0.3, 0.4) is 0 Å². The average molecular weight is 214 g/mol. The Kier molecular flexibility index (Phi) is 2.71. The van der Waals surface area contributed by atoms with Crippen LogP contribution in [0.4, 0.5) is 0 Å². The molecular formula is C15H18O. The van der Waals surface area contributed by atoms with Crippen molar-refractivity contribution in [2.45, 2.75) is 39.0 Å². The van der Waals surface area contributed by atoms with Crippen LogP contribution in [-0.4, -0.2) is 5.78 Å². The molecule has 1 aliphatic rings. The number of ketones is 1. The van der Waals surface area contributed by atoms with E-state index < -0.39 is 0 Å². The molecule has 0 amide bonds. The van der Waals surface area contributed by atoms with E-state index >= 15 is 0 Å². The molecule has 1 aromatic rings. The van der Waals surface area contributed by atoms with Gasteiger partial charge in [-0.2, -0.15) is 0 Å². The van der Waals surface area contributed by atoms with Crippen LogP contribution in [0.2, 0.25) is 0 Å². The SMILES string of the molecule is CC(C)(C)c1ccc(/C=C2\CCC2=O)cc1. The van der Waals surface area contributed by atoms with Crippen molar-refractivity contribution in [3.8, 4) is 0 Å². The summed E-state index contributed by atoms with van der Waals surface area (Å²) in [6.07, 6.45) is 3.68. The van der Waals surface area contributed by atoms with Gasteiger partial charge in [0.1, 0.15) is 0 Å². The number of hydrogen-bond donors (Lipinski definition) is 0. The maximum Gasteiger partial charge on any atom is 0.159 e. The number of Topliss-reactive ketones (excluding diaryl/α,β-unsaturated/α-hetero) is 1. The van der Waals surface area contributed by atoms with Crippen molar-refractivity contribution >= 4 is 11.9 Å². The first-order chi connectivity index (χ1) is 7.47. The van der Waals surface area contributed by atoms with Crippen molar-refractivity contribution < 1.29 is 4.79 Å². The zero-order valence-corrected chi connectivity index (χ0v) is 10.2. The average Bonchev–Trinajstić information content (AvgIpc) is 2.23. The molecule has 0 aliphatic heterocycles. The molecule has 1 aromatic carbocycles. The van der Waals surface area contributed by atoms with Crippen molar-refractivity contribution in [1.29, 1.82) is 0 Å². The summed E-state index contributed by atoms with van der Waals surface area (Å²) in [5, 5.41) is 0. The number of carbonyl (C=O) groups excluding carboxylic acids is 1. The van der Waals surface area contributed by atoms with Crippen LogP contribution in [0, 0.1) is 0 Å². The van der Waals surface area contributed by atoms with Crippen molar-refractivity contribution in [1.82, 2.24) is 0 Å². The van der Waals surface area contributed by atoms with Crippen LogP contribution in [0.25, 0.3) is 6.08 Å². The van der Waals surface area contributed by atoms with Gasteiger partial charge in [-0.25, -0.2) is 0 Å². The molecule has 0 unspecified atom stereocenters. The third-order valence-electron chi connectivity index (χ3n) is 3.10. The lowest BCUT2D eigenvalue weighted by Gasteiger charge is -2.19. The van der Waals surface area contributed by atoms with E-state index in [1.807, 2.05) is 6.08 Å². The summed E-state index contributed by atoms with van der Waals surface area (Å²) >= 11 is 0. The van der Waals surface area contributed by atoms with Gasteiger partial charge in [0.15, 0.2) is 5.78 Å². The molecule has 0 saturated heterocycles. The summed E-state index contributed by atoms with van der Waals surface area (Å²) in [6.45, 7) is 6.61. The fraction of sp³-hybridized carbons (Fsp3) is 0.400. The van der Waals surface area contributed by atoms with Gasteiger partial charge in [0.05, 0.1) is 0 Å². The Labute approximate surface area is 97.2 Å². The maximum absolute atomic E-state index is 11.2. The minimum atomic E-state index is 0.192. The molecule has 1 fully saturated rings. The molecule has 0 heterocycles. The molecule has 1 heteroatoms. The molecular weight excluding hydrogens is 196 g/mol. The first kappa shape index (κ1) is 11.1. The molecule has 0 N–H and O–H groups in total. The summed E-state index contributed by atoms with van der Waals surface area (Å²) in [7, 11) is 0. The highest BCUT2D eigenvalue weighted by Gasteiger charge is 2.19. The zero-order chi connectivity index (χ0) is 11.8. The fourth-order valence-electron chi connectivity index (χ4n) is 1.80. The standard InChI is InChI=1S/C15H18O/c1-15(2,3)13-7-4-11(5-8-13)10-12-6-9-14(12)16/h4-5,7-8,10H,6,9H2,1-3H3/b12-10+. The van der Waals surface area contributed by atoms with Crippen molar-refractivity contribution in [3.63, 3.8) is 0 Å². The number of allylic oxidation sites excluding steroid dienone is 1. The van der Waals surface area contributed by atoms with E-state index in [1.165, 1.54) is 5.56 Å². The van der Waals surface area contributed by atoms with E-state index in [2.05, 4.69) is 45.0 Å². The predicted octanol–water partition coefficient (Wildman–Crippen LogP) is 3.73. The van der Waals surface area contributed by atoms with E-state index in [-0.39, 0.29) is 5.41 Å². The summed E-state index contributed by atoms with van der Waals surface area (Å²) in [4.78, 5) is 11.2. The van der Waals surface area contributed by atoms with E-state index in [0.29, 0.717) is 5.78 Å². The van der Waals surface area contributed by atoms with Gasteiger partial charge in [0, 0.05) is 6.42 Å². The smallest absolute Gasteiger partial charge is 0.159 e. The van der Waals surface area contributed by atoms with Gasteiger partial charge < -0.3 is 0 Å². The highest BCUT2D eigenvalue weighted by atomic mass is 16.1. The Morgan fingerprint density at radius 3 is 2.06 bits per heavy atom. The molecule has 0 atom stereocenters. The molecule has 1 saturated carbocycles. The molecule has 1 nitrogen and oxygen atoms in total. The summed E-state index contributed by atoms with van der Waals surface area (Å²) in [5.41, 5.74) is 3.63. The number of benzene rings is 1. The second-order valence-corrected chi connectivity index (χ2v) is 5.46. The molecule has 2 rings (SSSR count). The Balaban J connectivity index is 2.20. The van der Waals surface area contributed by atoms with Crippen LogP contribution < -0.4 is 0 Å². The maximum atomic E-state index is 11.2. The molecule has 16 heavy (non-hydrogen) atoms. The van der Waals surface area contributed by atoms with E-state index in [9.17, 15) is 4.79 Å². The molecule has 0 radical (unpaired) electrons. The molecule has 0 spiro atoms. The molecule has 0 aromatic heterocycles. The fourth-order valence-corrected chi connectivity index (χ4v) is 1.80. The van der Waals surface area contributed by atoms with Gasteiger partial charge in [0.25, 0.3) is 0 Å². The van der Waals surface area contributed by atoms with Gasteiger partial charge >= 0.3 is 0 Å². The predicted molar refractivity (Wildman–Crippen MR) is 67.4 cm³/mol. The Bertz CT molecular complexity index is 429. The van der Waals surface area contributed by atoms with E-state index in [1.54, 1.807) is 0 Å². The lowest BCUT2D eigenvalue weighted by atomic mass is 9.85. The molecule has 0 bridgehead atoms. The van der Waals surface area contributed by atoms with Crippen LogP contribution in [0.1, 0.15) is 44.7 Å². The summed E-state index contributed by atoms with van der Waals surface area (Å²) < 4.78 is 0.